The Hall–Kier alpha value is -1.26. The summed E-state index contributed by atoms with van der Waals surface area (Å²) in [6, 6.07) is 7.56. The van der Waals surface area contributed by atoms with Gasteiger partial charge in [0, 0.05) is 12.1 Å². The van der Waals surface area contributed by atoms with Gasteiger partial charge in [-0.1, -0.05) is 23.7 Å². The molecule has 92 valence electrons. The molecule has 2 rings (SSSR count). The molecule has 1 aromatic carbocycles. The Morgan fingerprint density at radius 1 is 1.29 bits per heavy atom. The Bertz CT molecular complexity index is 390. The fourth-order valence-electron chi connectivity index (χ4n) is 1.73. The first-order valence-corrected chi connectivity index (χ1v) is 5.71. The highest BCUT2D eigenvalue weighted by molar-refractivity contribution is 6.30. The smallest absolute Gasteiger partial charge is 0.424 e. The molecule has 1 heterocycles. The molecule has 0 amide bonds. The van der Waals surface area contributed by atoms with Crippen LogP contribution < -0.4 is 0 Å². The molecule has 4 nitrogen and oxygen atoms in total. The van der Waals surface area contributed by atoms with E-state index in [9.17, 15) is 4.79 Å². The predicted octanol–water partition coefficient (Wildman–Crippen LogP) is 2.78. The Morgan fingerprint density at radius 2 is 2.00 bits per heavy atom. The quantitative estimate of drug-likeness (QED) is 0.777. The summed E-state index contributed by atoms with van der Waals surface area (Å²) in [5, 5.41) is 0.708. The van der Waals surface area contributed by atoms with Crippen molar-refractivity contribution in [2.24, 2.45) is 0 Å². The van der Waals surface area contributed by atoms with Crippen molar-refractivity contribution >= 4 is 17.8 Å². The highest BCUT2D eigenvalue weighted by Crippen LogP contribution is 2.21. The van der Waals surface area contributed by atoms with E-state index in [0.717, 1.165) is 12.0 Å². The van der Waals surface area contributed by atoms with Gasteiger partial charge in [0.2, 0.25) is 6.29 Å². The van der Waals surface area contributed by atoms with Crippen molar-refractivity contribution in [3.8, 4) is 0 Å². The molecular weight excluding hydrogens is 244 g/mol. The van der Waals surface area contributed by atoms with E-state index in [-0.39, 0.29) is 6.10 Å². The maximum atomic E-state index is 10.9. The van der Waals surface area contributed by atoms with Gasteiger partial charge in [-0.25, -0.2) is 4.79 Å². The van der Waals surface area contributed by atoms with Crippen molar-refractivity contribution in [2.75, 3.05) is 7.11 Å². The summed E-state index contributed by atoms with van der Waals surface area (Å²) >= 11 is 5.79. The summed E-state index contributed by atoms with van der Waals surface area (Å²) in [4.78, 5) is 10.9. The SMILES string of the molecule is COC1OC(=O)OC1CCc1ccc(Cl)cc1. The second kappa shape index (κ2) is 5.38. The minimum Gasteiger partial charge on any atom is -0.424 e. The van der Waals surface area contributed by atoms with Crippen LogP contribution in [0.15, 0.2) is 24.3 Å². The zero-order chi connectivity index (χ0) is 12.3. The molecule has 17 heavy (non-hydrogen) atoms. The first kappa shape index (κ1) is 12.2. The fourth-order valence-corrected chi connectivity index (χ4v) is 1.86. The third kappa shape index (κ3) is 3.11. The molecule has 0 N–H and O–H groups in total. The molecule has 1 aromatic rings. The molecule has 1 aliphatic rings. The standard InChI is InChI=1S/C12H13ClO4/c1-15-11-10(16-12(14)17-11)7-4-8-2-5-9(13)6-3-8/h2-3,5-6,10-11H,4,7H2,1H3. The van der Waals surface area contributed by atoms with Crippen LogP contribution in [0.25, 0.3) is 0 Å². The minimum atomic E-state index is -0.669. The lowest BCUT2D eigenvalue weighted by Crippen LogP contribution is -2.24. The van der Waals surface area contributed by atoms with Crippen molar-refractivity contribution in [2.45, 2.75) is 25.2 Å². The van der Waals surface area contributed by atoms with Gasteiger partial charge < -0.3 is 14.2 Å². The molecule has 0 aliphatic carbocycles. The summed E-state index contributed by atoms with van der Waals surface area (Å²) in [5.41, 5.74) is 1.13. The monoisotopic (exact) mass is 256 g/mol. The normalized spacial score (nSPS) is 23.3. The maximum absolute atomic E-state index is 10.9. The molecule has 2 atom stereocenters. The van der Waals surface area contributed by atoms with Gasteiger partial charge >= 0.3 is 6.16 Å². The number of cyclic esters (lactones) is 2. The first-order chi connectivity index (χ1) is 8.19. The van der Waals surface area contributed by atoms with E-state index < -0.39 is 12.4 Å². The van der Waals surface area contributed by atoms with E-state index in [1.165, 1.54) is 7.11 Å². The number of rotatable bonds is 4. The van der Waals surface area contributed by atoms with Gasteiger partial charge in [0.15, 0.2) is 6.10 Å². The second-order valence-electron chi connectivity index (χ2n) is 3.79. The third-order valence-electron chi connectivity index (χ3n) is 2.63. The summed E-state index contributed by atoms with van der Waals surface area (Å²) in [5.74, 6) is 0. The van der Waals surface area contributed by atoms with Gasteiger partial charge in [0.25, 0.3) is 0 Å². The van der Waals surface area contributed by atoms with Crippen LogP contribution in [0.4, 0.5) is 4.79 Å². The molecule has 0 bridgehead atoms. The van der Waals surface area contributed by atoms with Gasteiger partial charge in [-0.2, -0.15) is 0 Å². The lowest BCUT2D eigenvalue weighted by molar-refractivity contribution is -0.0780. The largest absolute Gasteiger partial charge is 0.511 e. The van der Waals surface area contributed by atoms with Crippen LogP contribution in [0.3, 0.4) is 0 Å². The topological polar surface area (TPSA) is 44.8 Å². The average molecular weight is 257 g/mol. The second-order valence-corrected chi connectivity index (χ2v) is 4.23. The molecular formula is C12H13ClO4. The summed E-state index contributed by atoms with van der Waals surface area (Å²) in [7, 11) is 1.49. The molecule has 5 heteroatoms. The molecule has 0 spiro atoms. The van der Waals surface area contributed by atoms with Crippen LogP contribution in [-0.4, -0.2) is 25.7 Å². The van der Waals surface area contributed by atoms with Gasteiger partial charge in [-0.3, -0.25) is 0 Å². The number of carbonyl (C=O) groups excluding carboxylic acids is 1. The molecule has 1 saturated heterocycles. The molecule has 2 unspecified atom stereocenters. The van der Waals surface area contributed by atoms with Crippen LogP contribution in [0.5, 0.6) is 0 Å². The van der Waals surface area contributed by atoms with Gasteiger partial charge in [-0.05, 0) is 30.5 Å². The number of methoxy groups -OCH3 is 1. The number of halogens is 1. The fraction of sp³-hybridized carbons (Fsp3) is 0.417. The Labute approximate surface area is 104 Å². The van der Waals surface area contributed by atoms with Crippen LogP contribution in [-0.2, 0) is 20.6 Å². The Kier molecular flexibility index (Phi) is 3.86. The summed E-state index contributed by atoms with van der Waals surface area (Å²) in [6.07, 6.45) is -0.180. The minimum absolute atomic E-state index is 0.344. The summed E-state index contributed by atoms with van der Waals surface area (Å²) < 4.78 is 14.8. The highest BCUT2D eigenvalue weighted by atomic mass is 35.5. The van der Waals surface area contributed by atoms with E-state index in [2.05, 4.69) is 0 Å². The number of benzene rings is 1. The van der Waals surface area contributed by atoms with E-state index in [1.807, 2.05) is 24.3 Å². The lowest BCUT2D eigenvalue weighted by Gasteiger charge is -2.13. The zero-order valence-electron chi connectivity index (χ0n) is 9.39. The van der Waals surface area contributed by atoms with E-state index in [4.69, 9.17) is 25.8 Å². The van der Waals surface area contributed by atoms with Crippen LogP contribution >= 0.6 is 11.6 Å². The molecule has 1 aliphatic heterocycles. The van der Waals surface area contributed by atoms with E-state index in [0.29, 0.717) is 11.4 Å². The Balaban J connectivity index is 1.89. The molecule has 0 saturated carbocycles. The van der Waals surface area contributed by atoms with Gasteiger partial charge in [0.05, 0.1) is 0 Å². The maximum Gasteiger partial charge on any atom is 0.511 e. The number of hydrogen-bond donors (Lipinski definition) is 0. The first-order valence-electron chi connectivity index (χ1n) is 5.33. The molecule has 0 radical (unpaired) electrons. The average Bonchev–Trinajstić information content (AvgIpc) is 2.69. The number of ether oxygens (including phenoxy) is 3. The van der Waals surface area contributed by atoms with Crippen molar-refractivity contribution in [1.29, 1.82) is 0 Å². The summed E-state index contributed by atoms with van der Waals surface area (Å²) in [6.45, 7) is 0. The zero-order valence-corrected chi connectivity index (χ0v) is 10.1. The van der Waals surface area contributed by atoms with Crippen LogP contribution in [0.1, 0.15) is 12.0 Å². The highest BCUT2D eigenvalue weighted by Gasteiger charge is 2.36. The van der Waals surface area contributed by atoms with E-state index in [1.54, 1.807) is 0 Å². The van der Waals surface area contributed by atoms with Crippen molar-refractivity contribution in [1.82, 2.24) is 0 Å². The van der Waals surface area contributed by atoms with E-state index >= 15 is 0 Å². The number of hydrogen-bond acceptors (Lipinski definition) is 4. The number of aryl methyl sites for hydroxylation is 1. The number of carbonyl (C=O) groups is 1. The molecule has 0 aromatic heterocycles. The van der Waals surface area contributed by atoms with Crippen molar-refractivity contribution in [3.63, 3.8) is 0 Å². The lowest BCUT2D eigenvalue weighted by atomic mass is 10.1. The third-order valence-corrected chi connectivity index (χ3v) is 2.88. The van der Waals surface area contributed by atoms with Crippen molar-refractivity contribution < 1.29 is 19.0 Å². The Morgan fingerprint density at radius 3 is 2.65 bits per heavy atom. The predicted molar refractivity (Wildman–Crippen MR) is 61.9 cm³/mol. The van der Waals surface area contributed by atoms with Gasteiger partial charge in [0.1, 0.15) is 0 Å². The van der Waals surface area contributed by atoms with Crippen molar-refractivity contribution in [3.05, 3.63) is 34.9 Å². The van der Waals surface area contributed by atoms with Crippen LogP contribution in [0, 0.1) is 0 Å². The molecule has 1 fully saturated rings. The van der Waals surface area contributed by atoms with Gasteiger partial charge in [-0.15, -0.1) is 0 Å². The van der Waals surface area contributed by atoms with Crippen LogP contribution in [0.2, 0.25) is 5.02 Å².